The lowest BCUT2D eigenvalue weighted by Gasteiger charge is -2.41. The van der Waals surface area contributed by atoms with Crippen LogP contribution in [-0.2, 0) is 0 Å². The van der Waals surface area contributed by atoms with E-state index < -0.39 is 16.1 Å². The van der Waals surface area contributed by atoms with E-state index in [1.165, 1.54) is 43.5 Å². The van der Waals surface area contributed by atoms with Crippen LogP contribution in [0.15, 0.2) is 215 Å². The number of nitrogens with zero attached hydrogens (tertiary/aromatic N) is 4. The molecule has 13 rings (SSSR count). The zero-order chi connectivity index (χ0) is 45.7. The van der Waals surface area contributed by atoms with Gasteiger partial charge in [-0.05, 0) is 105 Å². The van der Waals surface area contributed by atoms with Gasteiger partial charge in [0, 0.05) is 45.3 Å². The lowest BCUT2D eigenvalue weighted by atomic mass is 9.95. The number of hydrogen-bond donors (Lipinski definition) is 0. The molecule has 6 nitrogen and oxygen atoms in total. The molecule has 0 saturated carbocycles. The van der Waals surface area contributed by atoms with Crippen LogP contribution in [0.5, 0.6) is 0 Å². The molecule has 2 aromatic heterocycles. The zero-order valence-electron chi connectivity index (χ0n) is 38.2. The van der Waals surface area contributed by atoms with E-state index in [4.69, 9.17) is 18.8 Å². The molecule has 2 aliphatic rings. The summed E-state index contributed by atoms with van der Waals surface area (Å²) in [5.41, 5.74) is 15.2. The summed E-state index contributed by atoms with van der Waals surface area (Å²) in [7, 11) is -3.89. The van der Waals surface area contributed by atoms with E-state index in [2.05, 4.69) is 182 Å². The average molecular weight is 911 g/mol. The fraction of sp³-hybridized carbons (Fsp3) is 0.0667. The molecule has 0 aliphatic carbocycles. The van der Waals surface area contributed by atoms with Gasteiger partial charge in [0.1, 0.15) is 27.2 Å². The minimum atomic E-state index is -1.94. The molecule has 0 fully saturated rings. The van der Waals surface area contributed by atoms with Crippen molar-refractivity contribution in [2.45, 2.75) is 26.2 Å². The minimum absolute atomic E-state index is 0.536. The SMILES string of the molecule is C[Si]1(C)c2ccccc2N(c2ccc(-c3c4nc(-c5ccccc5)oc4c(-c4ccc(N5c6ccccc6[Si](C)(C)c6ccccc65)cc4)c4nc(-c5ccccc5)oc34)cc2)c2ccccc21. The Bertz CT molecular complexity index is 3350. The van der Waals surface area contributed by atoms with E-state index in [0.29, 0.717) is 34.0 Å². The summed E-state index contributed by atoms with van der Waals surface area (Å²) in [5, 5.41) is 5.71. The van der Waals surface area contributed by atoms with Gasteiger partial charge in [0.25, 0.3) is 0 Å². The quantitative estimate of drug-likeness (QED) is 0.155. The van der Waals surface area contributed by atoms with E-state index in [1.807, 2.05) is 60.7 Å². The second-order valence-electron chi connectivity index (χ2n) is 19.0. The van der Waals surface area contributed by atoms with Crippen LogP contribution in [0, 0.1) is 0 Å². The molecule has 0 amide bonds. The fourth-order valence-corrected chi connectivity index (χ4v) is 16.9. The average Bonchev–Trinajstić information content (AvgIpc) is 4.03. The van der Waals surface area contributed by atoms with Crippen molar-refractivity contribution < 1.29 is 8.83 Å². The van der Waals surface area contributed by atoms with E-state index >= 15 is 0 Å². The topological polar surface area (TPSA) is 58.5 Å². The van der Waals surface area contributed by atoms with Crippen molar-refractivity contribution in [2.24, 2.45) is 0 Å². The summed E-state index contributed by atoms with van der Waals surface area (Å²) >= 11 is 0. The molecule has 11 aromatic rings. The summed E-state index contributed by atoms with van der Waals surface area (Å²) in [6.45, 7) is 9.82. The van der Waals surface area contributed by atoms with Crippen molar-refractivity contribution in [2.75, 3.05) is 9.80 Å². The Balaban J connectivity index is 1.01. The lowest BCUT2D eigenvalue weighted by Crippen LogP contribution is -2.58. The first-order valence-electron chi connectivity index (χ1n) is 23.3. The Kier molecular flexibility index (Phi) is 9.02. The molecular formula is C60H46N4O2Si2. The molecule has 0 radical (unpaired) electrons. The first kappa shape index (κ1) is 40.2. The van der Waals surface area contributed by atoms with Gasteiger partial charge in [0.2, 0.25) is 11.8 Å². The molecule has 2 aliphatic heterocycles. The highest BCUT2D eigenvalue weighted by Gasteiger charge is 2.40. The maximum Gasteiger partial charge on any atom is 0.227 e. The molecule has 0 bridgehead atoms. The normalized spacial score (nSPS) is 14.4. The number of fused-ring (bicyclic) bond motifs is 6. The van der Waals surface area contributed by atoms with Crippen LogP contribution >= 0.6 is 0 Å². The molecule has 8 heteroatoms. The number of rotatable bonds is 6. The van der Waals surface area contributed by atoms with Crippen LogP contribution in [0.4, 0.5) is 34.1 Å². The largest absolute Gasteiger partial charge is 0.435 e. The van der Waals surface area contributed by atoms with Gasteiger partial charge in [0.05, 0.1) is 11.1 Å². The van der Waals surface area contributed by atoms with E-state index in [0.717, 1.165) is 44.8 Å². The lowest BCUT2D eigenvalue weighted by molar-refractivity contribution is 0.619. The fourth-order valence-electron chi connectivity index (χ4n) is 10.9. The number of anilines is 6. The van der Waals surface area contributed by atoms with Gasteiger partial charge in [-0.3, -0.25) is 0 Å². The second-order valence-corrected chi connectivity index (χ2v) is 27.6. The Morgan fingerprint density at radius 3 is 0.941 bits per heavy atom. The number of para-hydroxylation sites is 4. The number of benzene rings is 9. The van der Waals surface area contributed by atoms with Gasteiger partial charge in [-0.25, -0.2) is 9.97 Å². The molecule has 68 heavy (non-hydrogen) atoms. The number of hydrogen-bond acceptors (Lipinski definition) is 6. The molecule has 0 saturated heterocycles. The van der Waals surface area contributed by atoms with E-state index in [1.54, 1.807) is 0 Å². The molecular weight excluding hydrogens is 865 g/mol. The third-order valence-electron chi connectivity index (χ3n) is 14.3. The van der Waals surface area contributed by atoms with Crippen LogP contribution in [0.1, 0.15) is 0 Å². The van der Waals surface area contributed by atoms with Crippen molar-refractivity contribution in [3.63, 3.8) is 0 Å². The van der Waals surface area contributed by atoms with Crippen LogP contribution < -0.4 is 30.5 Å². The Morgan fingerprint density at radius 2 is 0.618 bits per heavy atom. The molecule has 0 N–H and O–H groups in total. The third kappa shape index (κ3) is 6.07. The zero-order valence-corrected chi connectivity index (χ0v) is 40.2. The van der Waals surface area contributed by atoms with E-state index in [9.17, 15) is 0 Å². The summed E-state index contributed by atoms with van der Waals surface area (Å²) in [6.07, 6.45) is 0. The Morgan fingerprint density at radius 1 is 0.324 bits per heavy atom. The molecule has 4 heterocycles. The highest BCUT2D eigenvalue weighted by molar-refractivity contribution is 7.03. The Labute approximate surface area is 397 Å². The highest BCUT2D eigenvalue weighted by atomic mass is 28.3. The van der Waals surface area contributed by atoms with Crippen molar-refractivity contribution in [1.82, 2.24) is 9.97 Å². The van der Waals surface area contributed by atoms with Crippen molar-refractivity contribution in [3.8, 4) is 45.2 Å². The minimum Gasteiger partial charge on any atom is -0.435 e. The van der Waals surface area contributed by atoms with E-state index in [-0.39, 0.29) is 0 Å². The molecule has 0 spiro atoms. The standard InChI is InChI=1S/C60H46N4O2Si2/c1-67(2)49-27-15-11-23-45(49)63(46-24-12-16-28-50(46)67)43-35-31-39(32-36-43)53-55-58(66-59(61-55)41-19-7-5-8-20-41)54(56-57(53)65-60(62-56)42-21-9-6-10-22-42)40-33-37-44(38-34-40)64-47-25-13-17-29-51(47)68(3,4)52-30-18-14-26-48(52)64/h5-38H,1-4H3. The predicted octanol–water partition coefficient (Wildman–Crippen LogP) is 13.8. The number of aromatic nitrogens is 2. The van der Waals surface area contributed by atoms with Gasteiger partial charge >= 0.3 is 0 Å². The Hall–Kier alpha value is -8.05. The van der Waals surface area contributed by atoms with Crippen molar-refractivity contribution >= 4 is 93.2 Å². The molecule has 0 atom stereocenters. The van der Waals surface area contributed by atoms with Gasteiger partial charge in [-0.1, -0.05) is 160 Å². The first-order valence-corrected chi connectivity index (χ1v) is 29.3. The van der Waals surface area contributed by atoms with Crippen LogP contribution in [0.25, 0.3) is 67.4 Å². The van der Waals surface area contributed by atoms with Crippen molar-refractivity contribution in [3.05, 3.63) is 206 Å². The molecule has 0 unspecified atom stereocenters. The molecule has 9 aromatic carbocycles. The maximum absolute atomic E-state index is 7.00. The maximum atomic E-state index is 7.00. The molecule has 326 valence electrons. The van der Waals surface area contributed by atoms with Gasteiger partial charge in [0.15, 0.2) is 11.2 Å². The van der Waals surface area contributed by atoms with Gasteiger partial charge in [-0.15, -0.1) is 0 Å². The van der Waals surface area contributed by atoms with Crippen LogP contribution in [0.3, 0.4) is 0 Å². The monoisotopic (exact) mass is 910 g/mol. The second kappa shape index (κ2) is 15.2. The van der Waals surface area contributed by atoms with Crippen LogP contribution in [0.2, 0.25) is 26.2 Å². The van der Waals surface area contributed by atoms with Crippen molar-refractivity contribution in [1.29, 1.82) is 0 Å². The summed E-state index contributed by atoms with van der Waals surface area (Å²) in [5.74, 6) is 1.07. The van der Waals surface area contributed by atoms with Gasteiger partial charge in [-0.2, -0.15) is 0 Å². The summed E-state index contributed by atoms with van der Waals surface area (Å²) in [6, 6.07) is 73.6. The first-order chi connectivity index (χ1) is 33.3. The predicted molar refractivity (Wildman–Crippen MR) is 286 cm³/mol. The highest BCUT2D eigenvalue weighted by Crippen LogP contribution is 2.48. The third-order valence-corrected chi connectivity index (χ3v) is 21.4. The summed E-state index contributed by atoms with van der Waals surface area (Å²) in [4.78, 5) is 15.5. The summed E-state index contributed by atoms with van der Waals surface area (Å²) < 4.78 is 14.0. The smallest absolute Gasteiger partial charge is 0.227 e. The van der Waals surface area contributed by atoms with Gasteiger partial charge < -0.3 is 18.6 Å². The number of oxazole rings is 2. The van der Waals surface area contributed by atoms with Crippen LogP contribution in [-0.4, -0.2) is 26.1 Å².